The van der Waals surface area contributed by atoms with E-state index in [9.17, 15) is 18.3 Å². The number of hydrogen-bond acceptors (Lipinski definition) is 5. The van der Waals surface area contributed by atoms with Gasteiger partial charge in [-0.3, -0.25) is 4.72 Å². The van der Waals surface area contributed by atoms with Gasteiger partial charge in [-0.05, 0) is 44.9 Å². The molecule has 0 unspecified atom stereocenters. The van der Waals surface area contributed by atoms with E-state index in [0.29, 0.717) is 5.56 Å². The summed E-state index contributed by atoms with van der Waals surface area (Å²) >= 11 is 0. The molecule has 2 rings (SSSR count). The van der Waals surface area contributed by atoms with Crippen LogP contribution in [0.3, 0.4) is 0 Å². The second-order valence-corrected chi connectivity index (χ2v) is 6.69. The Kier molecular flexibility index (Phi) is 3.97. The van der Waals surface area contributed by atoms with Gasteiger partial charge in [0, 0.05) is 0 Å². The molecule has 7 nitrogen and oxygen atoms in total. The van der Waals surface area contributed by atoms with Gasteiger partial charge in [0.1, 0.15) is 5.69 Å². The van der Waals surface area contributed by atoms with Gasteiger partial charge in [-0.1, -0.05) is 11.2 Å². The van der Waals surface area contributed by atoms with E-state index < -0.39 is 16.0 Å². The number of aromatic nitrogens is 1. The van der Waals surface area contributed by atoms with Crippen LogP contribution in [0.25, 0.3) is 0 Å². The average molecular weight is 324 g/mol. The van der Waals surface area contributed by atoms with E-state index in [-0.39, 0.29) is 27.6 Å². The molecule has 2 aromatic rings. The number of carbonyl (C=O) groups is 1. The zero-order valence-corrected chi connectivity index (χ0v) is 13.4. The summed E-state index contributed by atoms with van der Waals surface area (Å²) in [4.78, 5) is 11.3. The highest BCUT2D eigenvalue weighted by Gasteiger charge is 2.26. The van der Waals surface area contributed by atoms with Crippen LogP contribution in [0.1, 0.15) is 32.9 Å². The van der Waals surface area contributed by atoms with Crippen LogP contribution in [0.5, 0.6) is 0 Å². The van der Waals surface area contributed by atoms with Gasteiger partial charge in [0.2, 0.25) is 0 Å². The van der Waals surface area contributed by atoms with Crippen LogP contribution in [0.2, 0.25) is 0 Å². The van der Waals surface area contributed by atoms with Crippen LogP contribution >= 0.6 is 0 Å². The van der Waals surface area contributed by atoms with E-state index in [1.165, 1.54) is 19.9 Å². The number of carboxylic acids is 1. The Labute approximate surface area is 128 Å². The number of benzene rings is 1. The highest BCUT2D eigenvalue weighted by atomic mass is 32.2. The Balaban J connectivity index is 2.58. The van der Waals surface area contributed by atoms with Crippen molar-refractivity contribution in [2.24, 2.45) is 0 Å². The molecule has 0 fully saturated rings. The lowest BCUT2D eigenvalue weighted by molar-refractivity contribution is 0.0697. The number of carboxylic acid groups (broad SMARTS) is 1. The fourth-order valence-electron chi connectivity index (χ4n) is 2.39. The molecule has 0 radical (unpaired) electrons. The summed E-state index contributed by atoms with van der Waals surface area (Å²) in [5, 5.41) is 12.9. The van der Waals surface area contributed by atoms with Crippen LogP contribution in [-0.2, 0) is 10.0 Å². The molecule has 0 atom stereocenters. The van der Waals surface area contributed by atoms with Gasteiger partial charge in [-0.2, -0.15) is 0 Å². The second-order valence-electron chi connectivity index (χ2n) is 5.07. The minimum atomic E-state index is -3.99. The SMILES string of the molecule is Cc1cc(C)c(C(=O)O)c(NS(=O)(=O)c2c(C)noc2C)c1. The van der Waals surface area contributed by atoms with Gasteiger partial charge in [-0.15, -0.1) is 0 Å². The van der Waals surface area contributed by atoms with E-state index >= 15 is 0 Å². The molecule has 0 saturated heterocycles. The Hall–Kier alpha value is -2.35. The molecule has 0 saturated carbocycles. The van der Waals surface area contributed by atoms with Gasteiger partial charge in [0.05, 0.1) is 11.3 Å². The van der Waals surface area contributed by atoms with Crippen molar-refractivity contribution in [2.75, 3.05) is 4.72 Å². The van der Waals surface area contributed by atoms with Crippen LogP contribution in [0.15, 0.2) is 21.6 Å². The standard InChI is InChI=1S/C14H16N2O5S/c1-7-5-8(2)12(14(17)18)11(6-7)16-22(19,20)13-9(3)15-21-10(13)4/h5-6,16H,1-4H3,(H,17,18). The maximum Gasteiger partial charge on any atom is 0.338 e. The van der Waals surface area contributed by atoms with E-state index in [4.69, 9.17) is 4.52 Å². The first kappa shape index (κ1) is 16.0. The quantitative estimate of drug-likeness (QED) is 0.893. The average Bonchev–Trinajstić information content (AvgIpc) is 2.67. The number of aryl methyl sites for hydroxylation is 4. The lowest BCUT2D eigenvalue weighted by atomic mass is 10.0. The van der Waals surface area contributed by atoms with Crippen molar-refractivity contribution in [1.29, 1.82) is 0 Å². The Morgan fingerprint density at radius 3 is 2.36 bits per heavy atom. The maximum atomic E-state index is 12.5. The third-order valence-electron chi connectivity index (χ3n) is 3.17. The number of nitrogens with one attached hydrogen (secondary N) is 1. The second kappa shape index (κ2) is 5.45. The molecule has 0 bridgehead atoms. The van der Waals surface area contributed by atoms with Gasteiger partial charge >= 0.3 is 5.97 Å². The molecule has 0 aliphatic carbocycles. The first-order valence-electron chi connectivity index (χ1n) is 6.43. The predicted molar refractivity (Wildman–Crippen MR) is 79.7 cm³/mol. The fourth-order valence-corrected chi connectivity index (χ4v) is 3.78. The Morgan fingerprint density at radius 1 is 1.23 bits per heavy atom. The zero-order chi connectivity index (χ0) is 16.7. The van der Waals surface area contributed by atoms with Crippen LogP contribution in [0.4, 0.5) is 5.69 Å². The first-order chi connectivity index (χ1) is 10.1. The van der Waals surface area contributed by atoms with Crippen LogP contribution in [-0.4, -0.2) is 24.7 Å². The van der Waals surface area contributed by atoms with Crippen molar-refractivity contribution in [1.82, 2.24) is 5.16 Å². The predicted octanol–water partition coefficient (Wildman–Crippen LogP) is 2.41. The largest absolute Gasteiger partial charge is 0.478 e. The molecule has 22 heavy (non-hydrogen) atoms. The molecule has 1 heterocycles. The van der Waals surface area contributed by atoms with Gasteiger partial charge in [0.15, 0.2) is 10.7 Å². The van der Waals surface area contributed by atoms with Crippen molar-refractivity contribution in [3.8, 4) is 0 Å². The monoisotopic (exact) mass is 324 g/mol. The Morgan fingerprint density at radius 2 is 1.86 bits per heavy atom. The molecule has 1 aromatic heterocycles. The molecular weight excluding hydrogens is 308 g/mol. The number of anilines is 1. The smallest absolute Gasteiger partial charge is 0.338 e. The molecule has 8 heteroatoms. The maximum absolute atomic E-state index is 12.5. The number of hydrogen-bond donors (Lipinski definition) is 2. The number of sulfonamides is 1. The zero-order valence-electron chi connectivity index (χ0n) is 12.6. The molecule has 2 N–H and O–H groups in total. The summed E-state index contributed by atoms with van der Waals surface area (Å²) in [7, 11) is -3.99. The van der Waals surface area contributed by atoms with Crippen LogP contribution < -0.4 is 4.72 Å². The van der Waals surface area contributed by atoms with Crippen molar-refractivity contribution < 1.29 is 22.8 Å². The van der Waals surface area contributed by atoms with Gasteiger partial charge in [-0.25, -0.2) is 13.2 Å². The summed E-state index contributed by atoms with van der Waals surface area (Å²) < 4.78 is 32.2. The summed E-state index contributed by atoms with van der Waals surface area (Å²) in [6.07, 6.45) is 0. The summed E-state index contributed by atoms with van der Waals surface area (Å²) in [6.45, 7) is 6.36. The third kappa shape index (κ3) is 2.82. The van der Waals surface area contributed by atoms with Gasteiger partial charge < -0.3 is 9.63 Å². The minimum Gasteiger partial charge on any atom is -0.478 e. The van der Waals surface area contributed by atoms with E-state index in [1.807, 2.05) is 0 Å². The normalized spacial score (nSPS) is 11.5. The lowest BCUT2D eigenvalue weighted by Crippen LogP contribution is -2.17. The van der Waals surface area contributed by atoms with Crippen molar-refractivity contribution in [2.45, 2.75) is 32.6 Å². The number of rotatable bonds is 4. The first-order valence-corrected chi connectivity index (χ1v) is 7.92. The summed E-state index contributed by atoms with van der Waals surface area (Å²) in [5.41, 5.74) is 1.38. The van der Waals surface area contributed by atoms with Crippen molar-refractivity contribution >= 4 is 21.7 Å². The molecule has 0 aliphatic rings. The molecule has 0 aliphatic heterocycles. The van der Waals surface area contributed by atoms with E-state index in [0.717, 1.165) is 5.56 Å². The molecule has 0 amide bonds. The highest BCUT2D eigenvalue weighted by molar-refractivity contribution is 7.92. The molecular formula is C14H16N2O5S. The van der Waals surface area contributed by atoms with Gasteiger partial charge in [0.25, 0.3) is 10.0 Å². The topological polar surface area (TPSA) is 110 Å². The molecule has 0 spiro atoms. The van der Waals surface area contributed by atoms with Crippen LogP contribution in [0, 0.1) is 27.7 Å². The number of nitrogens with zero attached hydrogens (tertiary/aromatic N) is 1. The summed E-state index contributed by atoms with van der Waals surface area (Å²) in [5.74, 6) is -1.06. The third-order valence-corrected chi connectivity index (χ3v) is 4.78. The summed E-state index contributed by atoms with van der Waals surface area (Å²) in [6, 6.07) is 3.16. The Bertz CT molecular complexity index is 833. The minimum absolute atomic E-state index is 0.0185. The van der Waals surface area contributed by atoms with E-state index in [2.05, 4.69) is 9.88 Å². The number of aromatic carboxylic acids is 1. The molecule has 1 aromatic carbocycles. The molecule has 118 valence electrons. The lowest BCUT2D eigenvalue weighted by Gasteiger charge is -2.13. The fraction of sp³-hybridized carbons (Fsp3) is 0.286. The van der Waals surface area contributed by atoms with E-state index in [1.54, 1.807) is 19.9 Å². The highest BCUT2D eigenvalue weighted by Crippen LogP contribution is 2.27. The van der Waals surface area contributed by atoms with Crippen molar-refractivity contribution in [3.63, 3.8) is 0 Å². The van der Waals surface area contributed by atoms with Crippen molar-refractivity contribution in [3.05, 3.63) is 40.3 Å².